The van der Waals surface area contributed by atoms with Gasteiger partial charge >= 0.3 is 0 Å². The van der Waals surface area contributed by atoms with Crippen molar-refractivity contribution in [3.05, 3.63) is 50.2 Å². The maximum atomic E-state index is 6.16. The van der Waals surface area contributed by atoms with Gasteiger partial charge in [-0.15, -0.1) is 11.3 Å². The van der Waals surface area contributed by atoms with Gasteiger partial charge in [-0.3, -0.25) is 0 Å². The fourth-order valence-electron chi connectivity index (χ4n) is 1.73. The van der Waals surface area contributed by atoms with Crippen LogP contribution in [-0.2, 0) is 0 Å². The summed E-state index contributed by atoms with van der Waals surface area (Å²) in [5, 5.41) is 0.643. The van der Waals surface area contributed by atoms with E-state index >= 15 is 0 Å². The first-order valence-corrected chi connectivity index (χ1v) is 7.68. The van der Waals surface area contributed by atoms with Crippen LogP contribution in [0.5, 0.6) is 5.75 Å². The number of hydrogen-bond donors (Lipinski definition) is 0. The highest BCUT2D eigenvalue weighted by atomic mass is 79.9. The molecular weight excluding hydrogens is 332 g/mol. The summed E-state index contributed by atoms with van der Waals surface area (Å²) in [4.78, 5) is 2.83. The third-order valence-corrected chi connectivity index (χ3v) is 5.74. The van der Waals surface area contributed by atoms with Gasteiger partial charge in [-0.1, -0.05) is 33.6 Å². The lowest BCUT2D eigenvalue weighted by Gasteiger charge is -2.10. The van der Waals surface area contributed by atoms with Gasteiger partial charge in [-0.2, -0.15) is 0 Å². The van der Waals surface area contributed by atoms with E-state index in [-0.39, 0.29) is 4.83 Å². The second-order valence-corrected chi connectivity index (χ2v) is 6.76. The van der Waals surface area contributed by atoms with Crippen LogP contribution in [0, 0.1) is 13.8 Å². The average molecular weight is 346 g/mol. The molecule has 1 heterocycles. The number of methoxy groups -OCH3 is 1. The molecular formula is C14H14BrClOS. The van der Waals surface area contributed by atoms with E-state index in [4.69, 9.17) is 16.3 Å². The molecule has 4 heteroatoms. The Balaban J connectivity index is 2.33. The van der Waals surface area contributed by atoms with Crippen LogP contribution in [0.4, 0.5) is 0 Å². The first-order chi connectivity index (χ1) is 8.52. The fourth-order valence-corrected chi connectivity index (χ4v) is 3.74. The lowest BCUT2D eigenvalue weighted by Crippen LogP contribution is -1.91. The van der Waals surface area contributed by atoms with Gasteiger partial charge in [-0.05, 0) is 43.2 Å². The van der Waals surface area contributed by atoms with E-state index < -0.39 is 0 Å². The Morgan fingerprint density at radius 3 is 2.50 bits per heavy atom. The van der Waals surface area contributed by atoms with Gasteiger partial charge in [0.2, 0.25) is 0 Å². The van der Waals surface area contributed by atoms with Crippen molar-refractivity contribution in [1.82, 2.24) is 0 Å². The monoisotopic (exact) mass is 344 g/mol. The summed E-state index contributed by atoms with van der Waals surface area (Å²) < 4.78 is 5.16. The van der Waals surface area contributed by atoms with Gasteiger partial charge in [0.1, 0.15) is 5.75 Å². The molecule has 0 bridgehead atoms. The molecule has 96 valence electrons. The van der Waals surface area contributed by atoms with E-state index in [1.54, 1.807) is 7.11 Å². The van der Waals surface area contributed by atoms with E-state index in [1.807, 2.05) is 29.5 Å². The molecule has 2 rings (SSSR count). The van der Waals surface area contributed by atoms with Gasteiger partial charge in [0.05, 0.1) is 17.0 Å². The summed E-state index contributed by atoms with van der Waals surface area (Å²) in [6.45, 7) is 4.28. The molecule has 2 aromatic rings. The molecule has 0 aliphatic rings. The van der Waals surface area contributed by atoms with Crippen LogP contribution in [0.25, 0.3) is 0 Å². The van der Waals surface area contributed by atoms with Gasteiger partial charge in [0.25, 0.3) is 0 Å². The highest BCUT2D eigenvalue weighted by Gasteiger charge is 2.15. The normalized spacial score (nSPS) is 12.5. The standard InChI is InChI=1S/C14H14BrClOS/c1-8-6-13(18-9(8)2)14(15)10-4-5-12(17-3)11(16)7-10/h4-7,14H,1-3H3. The molecule has 0 N–H and O–H groups in total. The molecule has 1 atom stereocenters. The molecule has 0 radical (unpaired) electrons. The first-order valence-electron chi connectivity index (χ1n) is 5.57. The Hall–Kier alpha value is -0.510. The van der Waals surface area contributed by atoms with Crippen molar-refractivity contribution in [1.29, 1.82) is 0 Å². The highest BCUT2D eigenvalue weighted by molar-refractivity contribution is 9.09. The minimum absolute atomic E-state index is 0.179. The molecule has 1 aromatic heterocycles. The van der Waals surface area contributed by atoms with Crippen molar-refractivity contribution in [3.8, 4) is 5.75 Å². The Morgan fingerprint density at radius 1 is 1.28 bits per heavy atom. The molecule has 18 heavy (non-hydrogen) atoms. The summed E-state index contributed by atoms with van der Waals surface area (Å²) in [7, 11) is 1.62. The summed E-state index contributed by atoms with van der Waals surface area (Å²) >= 11 is 11.7. The quantitative estimate of drug-likeness (QED) is 0.666. The van der Waals surface area contributed by atoms with Crippen LogP contribution >= 0.6 is 38.9 Å². The van der Waals surface area contributed by atoms with E-state index in [0.717, 1.165) is 5.56 Å². The van der Waals surface area contributed by atoms with Crippen LogP contribution in [0.15, 0.2) is 24.3 Å². The van der Waals surface area contributed by atoms with Crippen molar-refractivity contribution in [2.24, 2.45) is 0 Å². The number of halogens is 2. The molecule has 0 spiro atoms. The third kappa shape index (κ3) is 2.73. The molecule has 0 saturated heterocycles. The van der Waals surface area contributed by atoms with Crippen LogP contribution in [0.3, 0.4) is 0 Å². The summed E-state index contributed by atoms with van der Waals surface area (Å²) in [6, 6.07) is 8.11. The van der Waals surface area contributed by atoms with Gasteiger partial charge in [0, 0.05) is 9.75 Å². The minimum atomic E-state index is 0.179. The molecule has 0 saturated carbocycles. The Bertz CT molecular complexity index is 545. The molecule has 1 unspecified atom stereocenters. The number of thiophene rings is 1. The van der Waals surface area contributed by atoms with Crippen molar-refractivity contribution >= 4 is 38.9 Å². The zero-order valence-corrected chi connectivity index (χ0v) is 13.6. The van der Waals surface area contributed by atoms with Crippen molar-refractivity contribution in [2.45, 2.75) is 18.7 Å². The molecule has 1 nitrogen and oxygen atoms in total. The molecule has 0 amide bonds. The Morgan fingerprint density at radius 2 is 2.00 bits per heavy atom. The summed E-state index contributed by atoms with van der Waals surface area (Å²) in [6.07, 6.45) is 0. The van der Waals surface area contributed by atoms with E-state index in [0.29, 0.717) is 10.8 Å². The van der Waals surface area contributed by atoms with E-state index in [9.17, 15) is 0 Å². The lowest BCUT2D eigenvalue weighted by molar-refractivity contribution is 0.415. The molecule has 0 fully saturated rings. The Labute approximate surface area is 125 Å². The number of rotatable bonds is 3. The predicted octanol–water partition coefficient (Wildman–Crippen LogP) is 5.51. The molecule has 0 aliphatic heterocycles. The van der Waals surface area contributed by atoms with Crippen molar-refractivity contribution in [3.63, 3.8) is 0 Å². The SMILES string of the molecule is COc1ccc(C(Br)c2cc(C)c(C)s2)cc1Cl. The molecule has 0 aliphatic carbocycles. The summed E-state index contributed by atoms with van der Waals surface area (Å²) in [5.74, 6) is 0.707. The van der Waals surface area contributed by atoms with Crippen LogP contribution < -0.4 is 4.74 Å². The number of alkyl halides is 1. The second-order valence-electron chi connectivity index (χ2n) is 4.14. The van der Waals surface area contributed by atoms with E-state index in [1.165, 1.54) is 15.3 Å². The zero-order valence-electron chi connectivity index (χ0n) is 10.5. The Kier molecular flexibility index (Phi) is 4.36. The van der Waals surface area contributed by atoms with Crippen molar-refractivity contribution in [2.75, 3.05) is 7.11 Å². The van der Waals surface area contributed by atoms with Crippen LogP contribution in [0.1, 0.15) is 25.7 Å². The molecule has 1 aromatic carbocycles. The lowest BCUT2D eigenvalue weighted by atomic mass is 10.1. The maximum absolute atomic E-state index is 6.16. The van der Waals surface area contributed by atoms with Gasteiger partial charge in [-0.25, -0.2) is 0 Å². The fraction of sp³-hybridized carbons (Fsp3) is 0.286. The van der Waals surface area contributed by atoms with Crippen molar-refractivity contribution < 1.29 is 4.74 Å². The zero-order chi connectivity index (χ0) is 13.3. The number of hydrogen-bond acceptors (Lipinski definition) is 2. The maximum Gasteiger partial charge on any atom is 0.137 e. The summed E-state index contributed by atoms with van der Waals surface area (Å²) in [5.41, 5.74) is 2.47. The van der Waals surface area contributed by atoms with Gasteiger partial charge in [0.15, 0.2) is 0 Å². The minimum Gasteiger partial charge on any atom is -0.495 e. The number of benzene rings is 1. The van der Waals surface area contributed by atoms with E-state index in [2.05, 4.69) is 35.8 Å². The average Bonchev–Trinajstić information content (AvgIpc) is 2.68. The topological polar surface area (TPSA) is 9.23 Å². The highest BCUT2D eigenvalue weighted by Crippen LogP contribution is 2.39. The largest absolute Gasteiger partial charge is 0.495 e. The predicted molar refractivity (Wildman–Crippen MR) is 82.6 cm³/mol. The second kappa shape index (κ2) is 5.64. The third-order valence-electron chi connectivity index (χ3n) is 2.90. The number of ether oxygens (including phenoxy) is 1. The van der Waals surface area contributed by atoms with Crippen LogP contribution in [0.2, 0.25) is 5.02 Å². The first kappa shape index (κ1) is 13.9. The van der Waals surface area contributed by atoms with Gasteiger partial charge < -0.3 is 4.74 Å². The smallest absolute Gasteiger partial charge is 0.137 e. The van der Waals surface area contributed by atoms with Crippen LogP contribution in [-0.4, -0.2) is 7.11 Å². The number of aryl methyl sites for hydroxylation is 2.